The molecule has 8 amide bonds. The number of hydrogen-bond donors (Lipinski definition) is 13. The van der Waals surface area contributed by atoms with Crippen molar-refractivity contribution in [3.63, 3.8) is 0 Å². The fourth-order valence-corrected chi connectivity index (χ4v) is 6.74. The molecular formula is C41H76N10O12S. The summed E-state index contributed by atoms with van der Waals surface area (Å²) in [6.07, 6.45) is -0.430. The van der Waals surface area contributed by atoms with Crippen LogP contribution in [0.5, 0.6) is 0 Å². The number of aliphatic carboxylic acids is 1. The normalized spacial score (nSPS) is 16.5. The lowest BCUT2D eigenvalue weighted by molar-refractivity contribution is -0.142. The number of carboxylic acids is 1. The number of nitrogens with one attached hydrogen (secondary N) is 7. The molecule has 0 unspecified atom stereocenters. The molecule has 0 aromatic rings. The summed E-state index contributed by atoms with van der Waals surface area (Å²) in [7, 11) is 0. The minimum absolute atomic E-state index is 0.0433. The van der Waals surface area contributed by atoms with Gasteiger partial charge in [-0.05, 0) is 88.7 Å². The van der Waals surface area contributed by atoms with Gasteiger partial charge in [0.2, 0.25) is 47.3 Å². The van der Waals surface area contributed by atoms with E-state index in [2.05, 4.69) is 37.2 Å². The van der Waals surface area contributed by atoms with Crippen LogP contribution in [0.15, 0.2) is 0 Å². The average molecular weight is 933 g/mol. The number of rotatable bonds is 32. The van der Waals surface area contributed by atoms with E-state index in [1.54, 1.807) is 27.0 Å². The maximum Gasteiger partial charge on any atom is 0.326 e. The average Bonchev–Trinajstić information content (AvgIpc) is 3.20. The van der Waals surface area contributed by atoms with Gasteiger partial charge >= 0.3 is 5.97 Å². The van der Waals surface area contributed by atoms with Crippen molar-refractivity contribution in [2.45, 2.75) is 167 Å². The van der Waals surface area contributed by atoms with Gasteiger partial charge in [0.1, 0.15) is 42.3 Å². The topological polar surface area (TPSA) is 377 Å². The van der Waals surface area contributed by atoms with E-state index in [1.807, 2.05) is 20.8 Å². The molecule has 16 N–H and O–H groups in total. The molecule has 0 spiro atoms. The van der Waals surface area contributed by atoms with E-state index in [9.17, 15) is 58.5 Å². The number of carboxylic acid groups (broad SMARTS) is 1. The summed E-state index contributed by atoms with van der Waals surface area (Å²) in [6.45, 7) is 13.2. The summed E-state index contributed by atoms with van der Waals surface area (Å²) in [5.41, 5.74) is 16.9. The van der Waals surface area contributed by atoms with Crippen molar-refractivity contribution < 1.29 is 58.5 Å². The number of hydrogen-bond acceptors (Lipinski definition) is 14. The van der Waals surface area contributed by atoms with Crippen LogP contribution in [0.3, 0.4) is 0 Å². The van der Waals surface area contributed by atoms with Gasteiger partial charge < -0.3 is 69.7 Å². The lowest BCUT2D eigenvalue weighted by Gasteiger charge is -2.31. The highest BCUT2D eigenvalue weighted by molar-refractivity contribution is 7.98. The lowest BCUT2D eigenvalue weighted by atomic mass is 9.95. The molecule has 0 saturated heterocycles. The quantitative estimate of drug-likeness (QED) is 0.0309. The maximum absolute atomic E-state index is 13.7. The molecule has 0 aliphatic heterocycles. The van der Waals surface area contributed by atoms with Gasteiger partial charge in [-0.2, -0.15) is 11.8 Å². The number of aliphatic hydroxyl groups is 2. The van der Waals surface area contributed by atoms with Crippen LogP contribution in [0.4, 0.5) is 0 Å². The number of carbonyl (C=O) groups is 9. The lowest BCUT2D eigenvalue weighted by Crippen LogP contribution is -2.63. The second-order valence-electron chi connectivity index (χ2n) is 16.9. The Morgan fingerprint density at radius 1 is 0.578 bits per heavy atom. The standard InChI is InChI=1S/C41H76N10O12S/c1-10-22(6)31(49-34(55)25(43)19-20(2)3)38(59)48-30(21(4)5)37(58)51-33(24(8)53)40(61)45-26(14-15-29(44)54)36(57)50-32(23(7)52)39(60)46-27(16-18-64-9)35(56)47-28(41(62)63)13-11-12-17-42/h20-28,30-33,52-53H,10-19,42-43H2,1-9H3,(H2,44,54)(H,45,61)(H,46,60)(H,47,56)(H,48,59)(H,49,55)(H,50,57)(H,51,58)(H,62,63)/t22-,23+,24+,25-,26-,27-,28-,30-,31-,32-,33-/m0/s1. The molecule has 23 heteroatoms. The van der Waals surface area contributed by atoms with Crippen LogP contribution in [0.2, 0.25) is 0 Å². The first-order valence-electron chi connectivity index (χ1n) is 21.8. The van der Waals surface area contributed by atoms with E-state index in [-0.39, 0.29) is 24.7 Å². The van der Waals surface area contributed by atoms with Crippen LogP contribution in [-0.2, 0) is 43.2 Å². The molecule has 0 aliphatic rings. The highest BCUT2D eigenvalue weighted by Crippen LogP contribution is 2.13. The molecule has 0 saturated carbocycles. The second-order valence-corrected chi connectivity index (χ2v) is 17.9. The maximum atomic E-state index is 13.7. The Balaban J connectivity index is 6.37. The van der Waals surface area contributed by atoms with Crippen LogP contribution in [-0.4, -0.2) is 148 Å². The number of carbonyl (C=O) groups excluding carboxylic acids is 8. The number of primary amides is 1. The SMILES string of the molecule is CC[C@H](C)[C@H](NC(=O)[C@@H](N)CC(C)C)C(=O)N[C@H](C(=O)N[C@H](C(=O)N[C@@H](CCC(N)=O)C(=O)N[C@H](C(=O)N[C@@H](CCSC)C(=O)N[C@@H](CCCCN)C(=O)O)[C@@H](C)O)[C@@H](C)O)C(C)C. The van der Waals surface area contributed by atoms with Gasteiger partial charge in [-0.25, -0.2) is 4.79 Å². The Hall–Kier alpha value is -4.58. The molecule has 0 fully saturated rings. The molecule has 64 heavy (non-hydrogen) atoms. The molecule has 0 bridgehead atoms. The molecule has 0 aliphatic carbocycles. The van der Waals surface area contributed by atoms with E-state index in [0.29, 0.717) is 38.0 Å². The summed E-state index contributed by atoms with van der Waals surface area (Å²) in [4.78, 5) is 118. The summed E-state index contributed by atoms with van der Waals surface area (Å²) >= 11 is 1.34. The zero-order chi connectivity index (χ0) is 49.4. The predicted molar refractivity (Wildman–Crippen MR) is 241 cm³/mol. The number of amides is 8. The highest BCUT2D eigenvalue weighted by atomic mass is 32.2. The van der Waals surface area contributed by atoms with Gasteiger partial charge in [0.15, 0.2) is 0 Å². The molecule has 0 aromatic heterocycles. The number of unbranched alkanes of at least 4 members (excludes halogenated alkanes) is 1. The molecular weight excluding hydrogens is 857 g/mol. The molecule has 22 nitrogen and oxygen atoms in total. The minimum atomic E-state index is -1.75. The third kappa shape index (κ3) is 21.9. The minimum Gasteiger partial charge on any atom is -0.480 e. The van der Waals surface area contributed by atoms with Gasteiger partial charge in [-0.3, -0.25) is 38.4 Å². The Kier molecular flexibility index (Phi) is 28.4. The predicted octanol–water partition coefficient (Wildman–Crippen LogP) is -2.55. The van der Waals surface area contributed by atoms with E-state index < -0.39 is 133 Å². The monoisotopic (exact) mass is 933 g/mol. The number of nitrogens with two attached hydrogens (primary N) is 3. The first-order valence-corrected chi connectivity index (χ1v) is 23.2. The summed E-state index contributed by atoms with van der Waals surface area (Å²) < 4.78 is 0. The summed E-state index contributed by atoms with van der Waals surface area (Å²) in [6, 6.07) is -10.9. The molecule has 0 rings (SSSR count). The Bertz CT molecular complexity index is 1550. The second kappa shape index (κ2) is 30.5. The van der Waals surface area contributed by atoms with E-state index >= 15 is 0 Å². The fourth-order valence-electron chi connectivity index (χ4n) is 6.27. The van der Waals surface area contributed by atoms with E-state index in [4.69, 9.17) is 17.2 Å². The molecule has 0 heterocycles. The summed E-state index contributed by atoms with van der Waals surface area (Å²) in [5, 5.41) is 48.2. The van der Waals surface area contributed by atoms with Gasteiger partial charge in [-0.1, -0.05) is 48.0 Å². The van der Waals surface area contributed by atoms with Crippen molar-refractivity contribution in [3.05, 3.63) is 0 Å². The third-order valence-electron chi connectivity index (χ3n) is 10.3. The van der Waals surface area contributed by atoms with Gasteiger partial charge in [-0.15, -0.1) is 0 Å². The largest absolute Gasteiger partial charge is 0.480 e. The zero-order valence-electron chi connectivity index (χ0n) is 38.7. The van der Waals surface area contributed by atoms with Gasteiger partial charge in [0.25, 0.3) is 0 Å². The molecule has 0 radical (unpaired) electrons. The fraction of sp³-hybridized carbons (Fsp3) is 0.780. The van der Waals surface area contributed by atoms with E-state index in [0.717, 1.165) is 0 Å². The first-order chi connectivity index (χ1) is 29.8. The van der Waals surface area contributed by atoms with Gasteiger partial charge in [0.05, 0.1) is 18.2 Å². The van der Waals surface area contributed by atoms with Crippen molar-refractivity contribution in [3.8, 4) is 0 Å². The van der Waals surface area contributed by atoms with Crippen LogP contribution in [0.1, 0.15) is 107 Å². The highest BCUT2D eigenvalue weighted by Gasteiger charge is 2.38. The number of aliphatic hydroxyl groups excluding tert-OH is 2. The molecule has 11 atom stereocenters. The Morgan fingerprint density at radius 2 is 1.02 bits per heavy atom. The van der Waals surface area contributed by atoms with Crippen LogP contribution in [0, 0.1) is 17.8 Å². The van der Waals surface area contributed by atoms with Crippen molar-refractivity contribution in [2.24, 2.45) is 35.0 Å². The zero-order valence-corrected chi connectivity index (χ0v) is 39.5. The third-order valence-corrected chi connectivity index (χ3v) is 11.0. The summed E-state index contributed by atoms with van der Waals surface area (Å²) in [5.74, 6) is -8.85. The van der Waals surface area contributed by atoms with Crippen molar-refractivity contribution in [1.29, 1.82) is 0 Å². The van der Waals surface area contributed by atoms with Crippen LogP contribution < -0.4 is 54.4 Å². The van der Waals surface area contributed by atoms with Gasteiger partial charge in [0, 0.05) is 6.42 Å². The number of thioether (sulfide) groups is 1. The van der Waals surface area contributed by atoms with Crippen molar-refractivity contribution in [2.75, 3.05) is 18.6 Å². The Morgan fingerprint density at radius 3 is 1.45 bits per heavy atom. The Labute approximate surface area is 380 Å². The van der Waals surface area contributed by atoms with Crippen molar-refractivity contribution >= 4 is 65.0 Å². The molecule has 0 aromatic carbocycles. The van der Waals surface area contributed by atoms with E-state index in [1.165, 1.54) is 25.6 Å². The van der Waals surface area contributed by atoms with Crippen LogP contribution >= 0.6 is 11.8 Å². The smallest absolute Gasteiger partial charge is 0.326 e. The van der Waals surface area contributed by atoms with Crippen molar-refractivity contribution in [1.82, 2.24) is 37.2 Å². The molecule has 368 valence electrons. The first kappa shape index (κ1) is 59.4. The van der Waals surface area contributed by atoms with Crippen LogP contribution in [0.25, 0.3) is 0 Å².